The van der Waals surface area contributed by atoms with Crippen molar-refractivity contribution in [2.24, 2.45) is 0 Å². The van der Waals surface area contributed by atoms with Gasteiger partial charge in [-0.25, -0.2) is 0 Å². The van der Waals surface area contributed by atoms with Crippen LogP contribution in [0, 0.1) is 0 Å². The van der Waals surface area contributed by atoms with Gasteiger partial charge < -0.3 is 45.1 Å². The van der Waals surface area contributed by atoms with E-state index in [0.29, 0.717) is 12.8 Å². The van der Waals surface area contributed by atoms with E-state index < -0.39 is 67.4 Å². The summed E-state index contributed by atoms with van der Waals surface area (Å²) in [6.07, 6.45) is 74.7. The van der Waals surface area contributed by atoms with Crippen LogP contribution in [-0.4, -0.2) is 99.6 Å². The van der Waals surface area contributed by atoms with Crippen molar-refractivity contribution in [1.82, 2.24) is 5.32 Å². The van der Waals surface area contributed by atoms with Gasteiger partial charge in [-0.15, -0.1) is 0 Å². The summed E-state index contributed by atoms with van der Waals surface area (Å²) in [5.74, 6) is -1.25. The number of nitrogens with one attached hydrogen (secondary N) is 1. The average molecular weight is 1190 g/mol. The first-order valence-corrected chi connectivity index (χ1v) is 34.0. The lowest BCUT2D eigenvalue weighted by Gasteiger charge is -2.41. The third-order valence-electron chi connectivity index (χ3n) is 15.0. The molecule has 8 atom stereocenters. The molecule has 0 aromatic rings. The second-order valence-electron chi connectivity index (χ2n) is 22.8. The molecule has 0 bridgehead atoms. The number of hydrogen-bond donors (Lipinski definition) is 6. The Kier molecular flexibility index (Phi) is 55.7. The maximum atomic E-state index is 13.5. The fraction of sp³-hybridized carbons (Fsp3) is 0.676. The summed E-state index contributed by atoms with van der Waals surface area (Å²) in [5.41, 5.74) is 0. The summed E-state index contributed by atoms with van der Waals surface area (Å²) in [6.45, 7) is 5.62. The standard InChI is InChI=1S/C74H123NO10/c1-4-7-10-13-16-19-22-25-27-29-31-33-35-36-38-40-43-46-49-52-55-58-61-67(78)73(82)75-65(66(77)60-57-54-51-48-45-42-24-21-18-15-12-9-6-3)64-83-74-72(71(81)70(80)68(63-76)84-74)85-69(79)62-59-56-53-50-47-44-41-39-37-34-32-30-28-26-23-20-17-14-11-8-5-2/h7,10,16-17,19-20,25-28,31-34,36,38-39,41,43,46,57,60,65-68,70-72,74,76-78,80-81H,4-6,8-9,11-15,18,21-24,29-30,35,37,40,42,44-45,47-56,58-59,61-64H2,1-3H3,(H,75,82)/b10-7-,19-16-,20-17-,27-25-,28-26-,33-31-,34-32-,38-36-,41-39-,46-43-,60-57+. The molecule has 1 saturated heterocycles. The number of allylic oxidation sites excluding steroid dienone is 21. The van der Waals surface area contributed by atoms with Gasteiger partial charge in [0.05, 0.1) is 25.4 Å². The van der Waals surface area contributed by atoms with E-state index in [9.17, 15) is 35.1 Å². The normalized spacial score (nSPS) is 19.3. The molecule has 6 N–H and O–H groups in total. The van der Waals surface area contributed by atoms with Gasteiger partial charge in [0.2, 0.25) is 5.91 Å². The Labute approximate surface area is 518 Å². The van der Waals surface area contributed by atoms with Gasteiger partial charge in [-0.2, -0.15) is 0 Å². The molecule has 0 aromatic carbocycles. The van der Waals surface area contributed by atoms with E-state index in [2.05, 4.69) is 148 Å². The Balaban J connectivity index is 2.69. The van der Waals surface area contributed by atoms with E-state index >= 15 is 0 Å². The zero-order valence-corrected chi connectivity index (χ0v) is 53.7. The summed E-state index contributed by atoms with van der Waals surface area (Å²) >= 11 is 0. The Morgan fingerprint density at radius 2 is 0.847 bits per heavy atom. The minimum Gasteiger partial charge on any atom is -0.454 e. The van der Waals surface area contributed by atoms with Gasteiger partial charge in [-0.3, -0.25) is 9.59 Å². The molecule has 484 valence electrons. The van der Waals surface area contributed by atoms with Crippen molar-refractivity contribution in [2.45, 2.75) is 307 Å². The van der Waals surface area contributed by atoms with Gasteiger partial charge in [-0.1, -0.05) is 264 Å². The summed E-state index contributed by atoms with van der Waals surface area (Å²) < 4.78 is 17.6. The molecule has 1 fully saturated rings. The number of unbranched alkanes of at least 4 members (excludes halogenated alkanes) is 22. The largest absolute Gasteiger partial charge is 0.454 e. The van der Waals surface area contributed by atoms with E-state index in [1.807, 2.05) is 6.08 Å². The molecule has 1 aliphatic heterocycles. The van der Waals surface area contributed by atoms with Crippen molar-refractivity contribution >= 4 is 11.9 Å². The number of carbonyl (C=O) groups is 2. The van der Waals surface area contributed by atoms with Crippen LogP contribution in [0.3, 0.4) is 0 Å². The maximum Gasteiger partial charge on any atom is 0.306 e. The quantitative estimate of drug-likeness (QED) is 0.0195. The lowest BCUT2D eigenvalue weighted by Crippen LogP contribution is -2.61. The molecule has 85 heavy (non-hydrogen) atoms. The summed E-state index contributed by atoms with van der Waals surface area (Å²) in [7, 11) is 0. The van der Waals surface area contributed by atoms with Crippen LogP contribution >= 0.6 is 0 Å². The topological polar surface area (TPSA) is 175 Å². The van der Waals surface area contributed by atoms with Crippen molar-refractivity contribution in [3.63, 3.8) is 0 Å². The number of hydrogen-bond acceptors (Lipinski definition) is 10. The predicted molar refractivity (Wildman–Crippen MR) is 356 cm³/mol. The molecule has 1 heterocycles. The fourth-order valence-corrected chi connectivity index (χ4v) is 9.70. The lowest BCUT2D eigenvalue weighted by molar-refractivity contribution is -0.305. The van der Waals surface area contributed by atoms with E-state index in [0.717, 1.165) is 135 Å². The molecular weight excluding hydrogens is 1060 g/mol. The summed E-state index contributed by atoms with van der Waals surface area (Å²) in [5, 5.41) is 57.2. The first kappa shape index (κ1) is 78.8. The fourth-order valence-electron chi connectivity index (χ4n) is 9.70. The van der Waals surface area contributed by atoms with Crippen molar-refractivity contribution in [3.8, 4) is 0 Å². The van der Waals surface area contributed by atoms with Crippen LogP contribution in [0.1, 0.15) is 258 Å². The third kappa shape index (κ3) is 47.5. The van der Waals surface area contributed by atoms with Gasteiger partial charge in [0.1, 0.15) is 24.4 Å². The van der Waals surface area contributed by atoms with E-state index in [4.69, 9.17) is 14.2 Å². The molecule has 1 amide bonds. The lowest BCUT2D eigenvalue weighted by atomic mass is 9.99. The minimum absolute atomic E-state index is 0.0916. The number of amides is 1. The van der Waals surface area contributed by atoms with Gasteiger partial charge in [0, 0.05) is 6.42 Å². The van der Waals surface area contributed by atoms with Crippen molar-refractivity contribution < 1.29 is 49.3 Å². The van der Waals surface area contributed by atoms with Crippen LogP contribution in [0.5, 0.6) is 0 Å². The predicted octanol–water partition coefficient (Wildman–Crippen LogP) is 17.2. The zero-order valence-electron chi connectivity index (χ0n) is 53.7. The Bertz CT molecular complexity index is 1890. The smallest absolute Gasteiger partial charge is 0.306 e. The molecule has 0 spiro atoms. The zero-order chi connectivity index (χ0) is 61.7. The number of aliphatic hydroxyl groups excluding tert-OH is 5. The van der Waals surface area contributed by atoms with Crippen LogP contribution in [0.15, 0.2) is 134 Å². The molecular formula is C74H123NO10. The molecule has 11 heteroatoms. The first-order valence-electron chi connectivity index (χ1n) is 34.0. The Morgan fingerprint density at radius 3 is 1.29 bits per heavy atom. The Hall–Kier alpha value is -4.20. The second-order valence-corrected chi connectivity index (χ2v) is 22.8. The average Bonchev–Trinajstić information content (AvgIpc) is 3.19. The minimum atomic E-state index is -1.64. The van der Waals surface area contributed by atoms with E-state index in [1.165, 1.54) is 77.0 Å². The number of ether oxygens (including phenoxy) is 3. The van der Waals surface area contributed by atoms with Crippen LogP contribution in [0.25, 0.3) is 0 Å². The number of rotatable bonds is 56. The highest BCUT2D eigenvalue weighted by atomic mass is 16.7. The number of aliphatic hydroxyl groups is 5. The van der Waals surface area contributed by atoms with Crippen molar-refractivity contribution in [1.29, 1.82) is 0 Å². The highest BCUT2D eigenvalue weighted by Gasteiger charge is 2.47. The molecule has 11 nitrogen and oxygen atoms in total. The Morgan fingerprint density at radius 1 is 0.471 bits per heavy atom. The van der Waals surface area contributed by atoms with Crippen LogP contribution in [0.2, 0.25) is 0 Å². The van der Waals surface area contributed by atoms with Crippen LogP contribution in [-0.2, 0) is 23.8 Å². The third-order valence-corrected chi connectivity index (χ3v) is 15.0. The number of esters is 1. The molecule has 0 aromatic heterocycles. The number of carbonyl (C=O) groups excluding carboxylic acids is 2. The van der Waals surface area contributed by atoms with Crippen molar-refractivity contribution in [2.75, 3.05) is 13.2 Å². The molecule has 0 saturated carbocycles. The van der Waals surface area contributed by atoms with E-state index in [1.54, 1.807) is 6.08 Å². The molecule has 1 rings (SSSR count). The molecule has 0 aliphatic carbocycles. The van der Waals surface area contributed by atoms with Gasteiger partial charge >= 0.3 is 5.97 Å². The SMILES string of the molecule is CC/C=C\C/C=C\C/C=C\C/C=C\C/C=C\C/C=C\CCCCCC(O)C(=O)NC(COC1OC(CO)C(O)C(O)C1OC(=O)CCCCCCC/C=C\C/C=C\C/C=C\C/C=C\CCCCC)C(O)/C=C/CCCCCCCCCCCCC. The maximum absolute atomic E-state index is 13.5. The van der Waals surface area contributed by atoms with Gasteiger partial charge in [-0.05, 0) is 122 Å². The van der Waals surface area contributed by atoms with Crippen LogP contribution < -0.4 is 5.32 Å². The molecule has 8 unspecified atom stereocenters. The van der Waals surface area contributed by atoms with Crippen molar-refractivity contribution in [3.05, 3.63) is 134 Å². The summed E-state index contributed by atoms with van der Waals surface area (Å²) in [4.78, 5) is 26.6. The molecule has 0 radical (unpaired) electrons. The molecule has 1 aliphatic rings. The monoisotopic (exact) mass is 1190 g/mol. The highest BCUT2D eigenvalue weighted by Crippen LogP contribution is 2.26. The van der Waals surface area contributed by atoms with E-state index in [-0.39, 0.29) is 19.4 Å². The highest BCUT2D eigenvalue weighted by molar-refractivity contribution is 5.80. The van der Waals surface area contributed by atoms with Gasteiger partial charge in [0.25, 0.3) is 0 Å². The summed E-state index contributed by atoms with van der Waals surface area (Å²) in [6, 6.07) is -1.05. The van der Waals surface area contributed by atoms with Gasteiger partial charge in [0.15, 0.2) is 12.4 Å². The second kappa shape index (κ2) is 60.1. The first-order chi connectivity index (χ1) is 41.7. The van der Waals surface area contributed by atoms with Crippen LogP contribution in [0.4, 0.5) is 0 Å².